The summed E-state index contributed by atoms with van der Waals surface area (Å²) in [5, 5.41) is 2.13. The summed E-state index contributed by atoms with van der Waals surface area (Å²) >= 11 is 13.8. The van der Waals surface area contributed by atoms with Crippen molar-refractivity contribution in [3.05, 3.63) is 33.8 Å². The average molecular weight is 249 g/mol. The van der Waals surface area contributed by atoms with Gasteiger partial charge in [0.2, 0.25) is 0 Å². The van der Waals surface area contributed by atoms with Gasteiger partial charge in [-0.3, -0.25) is 0 Å². The van der Waals surface area contributed by atoms with Crippen LogP contribution >= 0.6 is 35.0 Å². The summed E-state index contributed by atoms with van der Waals surface area (Å²) in [7, 11) is 0. The van der Waals surface area contributed by atoms with Gasteiger partial charge in [-0.15, -0.1) is 0 Å². The van der Waals surface area contributed by atoms with Gasteiger partial charge in [0.05, 0.1) is 0 Å². The summed E-state index contributed by atoms with van der Waals surface area (Å²) in [6.45, 7) is 4.41. The zero-order valence-corrected chi connectivity index (χ0v) is 10.7. The van der Waals surface area contributed by atoms with Crippen molar-refractivity contribution in [1.82, 2.24) is 0 Å². The summed E-state index contributed by atoms with van der Waals surface area (Å²) in [5.74, 6) is 1.12. The average Bonchev–Trinajstić information content (AvgIpc) is 2.01. The van der Waals surface area contributed by atoms with E-state index in [9.17, 15) is 0 Å². The van der Waals surface area contributed by atoms with Crippen molar-refractivity contribution < 1.29 is 0 Å². The highest BCUT2D eigenvalue weighted by Crippen LogP contribution is 2.20. The molecule has 0 amide bonds. The molecule has 0 saturated heterocycles. The quantitative estimate of drug-likeness (QED) is 0.746. The van der Waals surface area contributed by atoms with Crippen molar-refractivity contribution >= 4 is 35.0 Å². The van der Waals surface area contributed by atoms with Gasteiger partial charge in [0.25, 0.3) is 0 Å². The van der Waals surface area contributed by atoms with Crippen LogP contribution in [0.25, 0.3) is 0 Å². The lowest BCUT2D eigenvalue weighted by Gasteiger charge is -2.05. The number of aryl methyl sites for hydroxylation is 1. The second kappa shape index (κ2) is 5.89. The third-order valence-corrected chi connectivity index (χ3v) is 3.31. The molecule has 0 saturated carbocycles. The molecule has 3 heteroatoms. The summed E-state index contributed by atoms with van der Waals surface area (Å²) in [6, 6.07) is 5.73. The van der Waals surface area contributed by atoms with E-state index in [0.717, 1.165) is 22.2 Å². The van der Waals surface area contributed by atoms with Crippen molar-refractivity contribution in [3.8, 4) is 0 Å². The van der Waals surface area contributed by atoms with Crippen molar-refractivity contribution in [2.24, 2.45) is 0 Å². The van der Waals surface area contributed by atoms with E-state index >= 15 is 0 Å². The first kappa shape index (κ1) is 12.2. The minimum absolute atomic E-state index is 0.685. The van der Waals surface area contributed by atoms with Gasteiger partial charge >= 0.3 is 0 Å². The molecule has 0 radical (unpaired) electrons. The summed E-state index contributed by atoms with van der Waals surface area (Å²) in [6.07, 6.45) is 1.03. The van der Waals surface area contributed by atoms with E-state index in [1.807, 2.05) is 23.9 Å². The van der Waals surface area contributed by atoms with Gasteiger partial charge in [0, 0.05) is 10.0 Å². The standard InChI is InChI=1S/C11H14Cl2S/c1-8(2)14-4-3-9-5-10(12)7-11(13)6-9/h5-8H,3-4H2,1-2H3. The van der Waals surface area contributed by atoms with Crippen LogP contribution in [0.4, 0.5) is 0 Å². The fraction of sp³-hybridized carbons (Fsp3) is 0.455. The van der Waals surface area contributed by atoms with Crippen LogP contribution < -0.4 is 0 Å². The highest BCUT2D eigenvalue weighted by Gasteiger charge is 1.99. The van der Waals surface area contributed by atoms with Crippen LogP contribution in [0.1, 0.15) is 19.4 Å². The zero-order valence-electron chi connectivity index (χ0n) is 8.39. The normalized spacial score (nSPS) is 10.9. The van der Waals surface area contributed by atoms with Crippen LogP contribution in [-0.4, -0.2) is 11.0 Å². The summed E-state index contributed by atoms with van der Waals surface area (Å²) < 4.78 is 0. The molecule has 0 aliphatic heterocycles. The third kappa shape index (κ3) is 4.59. The van der Waals surface area contributed by atoms with E-state index in [-0.39, 0.29) is 0 Å². The van der Waals surface area contributed by atoms with Crippen molar-refractivity contribution in [2.45, 2.75) is 25.5 Å². The van der Waals surface area contributed by atoms with Crippen LogP contribution in [0.2, 0.25) is 10.0 Å². The first-order chi connectivity index (χ1) is 6.58. The van der Waals surface area contributed by atoms with Crippen molar-refractivity contribution in [2.75, 3.05) is 5.75 Å². The Bertz CT molecular complexity index is 277. The Morgan fingerprint density at radius 3 is 2.21 bits per heavy atom. The van der Waals surface area contributed by atoms with Crippen molar-refractivity contribution in [3.63, 3.8) is 0 Å². The van der Waals surface area contributed by atoms with Gasteiger partial charge in [-0.2, -0.15) is 11.8 Å². The molecular formula is C11H14Cl2S. The van der Waals surface area contributed by atoms with Crippen LogP contribution in [0.3, 0.4) is 0 Å². The molecule has 78 valence electrons. The Balaban J connectivity index is 2.50. The van der Waals surface area contributed by atoms with Crippen LogP contribution in [0.15, 0.2) is 18.2 Å². The molecule has 0 N–H and O–H groups in total. The lowest BCUT2D eigenvalue weighted by atomic mass is 10.2. The number of rotatable bonds is 4. The Hall–Kier alpha value is 0.150. The van der Waals surface area contributed by atoms with Crippen LogP contribution in [0, 0.1) is 0 Å². The maximum atomic E-state index is 5.90. The predicted molar refractivity (Wildman–Crippen MR) is 67.8 cm³/mol. The molecule has 0 heterocycles. The predicted octanol–water partition coefficient (Wildman–Crippen LogP) is 4.68. The SMILES string of the molecule is CC(C)SCCc1cc(Cl)cc(Cl)c1. The molecule has 0 aliphatic rings. The molecule has 1 aromatic carbocycles. The number of hydrogen-bond donors (Lipinski definition) is 0. The van der Waals surface area contributed by atoms with E-state index in [4.69, 9.17) is 23.2 Å². The lowest BCUT2D eigenvalue weighted by Crippen LogP contribution is -1.93. The van der Waals surface area contributed by atoms with Gasteiger partial charge in [-0.05, 0) is 41.2 Å². The molecule has 14 heavy (non-hydrogen) atoms. The summed E-state index contributed by atoms with van der Waals surface area (Å²) in [4.78, 5) is 0. The molecular weight excluding hydrogens is 235 g/mol. The molecule has 0 spiro atoms. The second-order valence-corrected chi connectivity index (χ2v) is 6.00. The van der Waals surface area contributed by atoms with E-state index in [2.05, 4.69) is 13.8 Å². The number of thioether (sulfide) groups is 1. The van der Waals surface area contributed by atoms with Gasteiger partial charge in [-0.25, -0.2) is 0 Å². The van der Waals surface area contributed by atoms with E-state index in [1.165, 1.54) is 5.56 Å². The smallest absolute Gasteiger partial charge is 0.0423 e. The fourth-order valence-corrected chi connectivity index (χ4v) is 2.56. The van der Waals surface area contributed by atoms with E-state index in [0.29, 0.717) is 5.25 Å². The number of benzene rings is 1. The first-order valence-electron chi connectivity index (χ1n) is 4.64. The maximum Gasteiger partial charge on any atom is 0.0423 e. The van der Waals surface area contributed by atoms with Gasteiger partial charge in [-0.1, -0.05) is 37.0 Å². The molecule has 1 rings (SSSR count). The van der Waals surface area contributed by atoms with Gasteiger partial charge in [0.15, 0.2) is 0 Å². The molecule has 0 atom stereocenters. The minimum Gasteiger partial charge on any atom is -0.159 e. The Kier molecular flexibility index (Phi) is 5.14. The zero-order chi connectivity index (χ0) is 10.6. The molecule has 0 nitrogen and oxygen atoms in total. The third-order valence-electron chi connectivity index (χ3n) is 1.76. The largest absolute Gasteiger partial charge is 0.159 e. The number of hydrogen-bond acceptors (Lipinski definition) is 1. The van der Waals surface area contributed by atoms with Crippen LogP contribution in [-0.2, 0) is 6.42 Å². The molecule has 0 unspecified atom stereocenters. The van der Waals surface area contributed by atoms with E-state index < -0.39 is 0 Å². The maximum absolute atomic E-state index is 5.90. The van der Waals surface area contributed by atoms with Crippen LogP contribution in [0.5, 0.6) is 0 Å². The van der Waals surface area contributed by atoms with E-state index in [1.54, 1.807) is 6.07 Å². The number of halogens is 2. The minimum atomic E-state index is 0.685. The second-order valence-electron chi connectivity index (χ2n) is 3.45. The van der Waals surface area contributed by atoms with Crippen molar-refractivity contribution in [1.29, 1.82) is 0 Å². The first-order valence-corrected chi connectivity index (χ1v) is 6.45. The molecule has 1 aromatic rings. The highest BCUT2D eigenvalue weighted by molar-refractivity contribution is 7.99. The topological polar surface area (TPSA) is 0 Å². The molecule has 0 bridgehead atoms. The van der Waals surface area contributed by atoms with Gasteiger partial charge < -0.3 is 0 Å². The summed E-state index contributed by atoms with van der Waals surface area (Å²) in [5.41, 5.74) is 1.22. The molecule has 0 aliphatic carbocycles. The fourth-order valence-electron chi connectivity index (χ4n) is 1.17. The Labute approximate surface area is 100.0 Å². The molecule has 0 aromatic heterocycles. The van der Waals surface area contributed by atoms with Gasteiger partial charge in [0.1, 0.15) is 0 Å². The Morgan fingerprint density at radius 2 is 1.71 bits per heavy atom. The Morgan fingerprint density at radius 1 is 1.14 bits per heavy atom. The highest BCUT2D eigenvalue weighted by atomic mass is 35.5. The lowest BCUT2D eigenvalue weighted by molar-refractivity contribution is 1.09. The monoisotopic (exact) mass is 248 g/mol. The molecule has 0 fully saturated rings.